The summed E-state index contributed by atoms with van der Waals surface area (Å²) in [6.07, 6.45) is 4.28. The molecule has 102 valence electrons. The van der Waals surface area contributed by atoms with Gasteiger partial charge in [0.2, 0.25) is 0 Å². The molecule has 0 bridgehead atoms. The molecule has 2 rings (SSSR count). The molecule has 0 saturated carbocycles. The van der Waals surface area contributed by atoms with Gasteiger partial charge in [0.1, 0.15) is 5.82 Å². The van der Waals surface area contributed by atoms with Crippen LogP contribution in [-0.2, 0) is 0 Å². The highest BCUT2D eigenvalue weighted by molar-refractivity contribution is 5.94. The maximum Gasteiger partial charge on any atom is 0.253 e. The summed E-state index contributed by atoms with van der Waals surface area (Å²) in [5, 5.41) is 6.09. The van der Waals surface area contributed by atoms with Crippen LogP contribution in [0.1, 0.15) is 23.2 Å². The van der Waals surface area contributed by atoms with E-state index in [1.165, 1.54) is 12.3 Å². The average molecular weight is 296 g/mol. The summed E-state index contributed by atoms with van der Waals surface area (Å²) in [5.41, 5.74) is 0.276. The van der Waals surface area contributed by atoms with Crippen molar-refractivity contribution in [2.75, 3.05) is 13.1 Å². The number of hydrogen-bond acceptors (Lipinski definition) is 3. The van der Waals surface area contributed by atoms with Gasteiger partial charge in [-0.25, -0.2) is 4.39 Å². The highest BCUT2D eigenvalue weighted by atomic mass is 35.5. The van der Waals surface area contributed by atoms with Crippen LogP contribution in [0.4, 0.5) is 4.39 Å². The molecule has 2 heterocycles. The van der Waals surface area contributed by atoms with Gasteiger partial charge in [0.05, 0.1) is 11.8 Å². The van der Waals surface area contributed by atoms with Crippen LogP contribution >= 0.6 is 24.8 Å². The molecule has 0 spiro atoms. The number of halogens is 3. The molecule has 1 aliphatic heterocycles. The summed E-state index contributed by atoms with van der Waals surface area (Å²) >= 11 is 0. The van der Waals surface area contributed by atoms with E-state index in [1.54, 1.807) is 0 Å². The molecule has 0 aliphatic carbocycles. The Hall–Kier alpha value is -0.910. The van der Waals surface area contributed by atoms with Gasteiger partial charge in [0, 0.05) is 12.2 Å². The lowest BCUT2D eigenvalue weighted by molar-refractivity contribution is 0.0928. The fourth-order valence-corrected chi connectivity index (χ4v) is 1.77. The SMILES string of the molecule is Cl.Cl.O=C(NC1CCNCC1)c1cncc(F)c1. The van der Waals surface area contributed by atoms with Crippen LogP contribution in [0.2, 0.25) is 0 Å². The van der Waals surface area contributed by atoms with Gasteiger partial charge in [0.25, 0.3) is 5.91 Å². The third kappa shape index (κ3) is 4.76. The highest BCUT2D eigenvalue weighted by Gasteiger charge is 2.16. The molecule has 1 fully saturated rings. The van der Waals surface area contributed by atoms with Gasteiger partial charge in [-0.1, -0.05) is 0 Å². The lowest BCUT2D eigenvalue weighted by atomic mass is 10.1. The quantitative estimate of drug-likeness (QED) is 0.870. The maximum atomic E-state index is 12.9. The Balaban J connectivity index is 0.00000144. The van der Waals surface area contributed by atoms with E-state index >= 15 is 0 Å². The molecule has 18 heavy (non-hydrogen) atoms. The first-order chi connectivity index (χ1) is 7.75. The van der Waals surface area contributed by atoms with Crippen LogP contribution in [0.15, 0.2) is 18.5 Å². The van der Waals surface area contributed by atoms with Crippen molar-refractivity contribution in [3.63, 3.8) is 0 Å². The van der Waals surface area contributed by atoms with Gasteiger partial charge in [0.15, 0.2) is 0 Å². The van der Waals surface area contributed by atoms with Crippen molar-refractivity contribution in [3.8, 4) is 0 Å². The molecule has 0 unspecified atom stereocenters. The van der Waals surface area contributed by atoms with E-state index in [0.29, 0.717) is 0 Å². The fourth-order valence-electron chi connectivity index (χ4n) is 1.77. The third-order valence-electron chi connectivity index (χ3n) is 2.64. The van der Waals surface area contributed by atoms with E-state index in [2.05, 4.69) is 15.6 Å². The first-order valence-electron chi connectivity index (χ1n) is 5.38. The van der Waals surface area contributed by atoms with Gasteiger partial charge < -0.3 is 10.6 Å². The van der Waals surface area contributed by atoms with Crippen LogP contribution < -0.4 is 10.6 Å². The van der Waals surface area contributed by atoms with Crippen LogP contribution in [0, 0.1) is 5.82 Å². The zero-order valence-electron chi connectivity index (χ0n) is 9.69. The van der Waals surface area contributed by atoms with Gasteiger partial charge in [-0.3, -0.25) is 9.78 Å². The molecule has 1 aromatic rings. The van der Waals surface area contributed by atoms with E-state index in [0.717, 1.165) is 32.1 Å². The highest BCUT2D eigenvalue weighted by Crippen LogP contribution is 2.05. The minimum absolute atomic E-state index is 0. The topological polar surface area (TPSA) is 54.0 Å². The molecule has 1 saturated heterocycles. The molecular weight excluding hydrogens is 280 g/mol. The maximum absolute atomic E-state index is 12.9. The van der Waals surface area contributed by atoms with E-state index in [4.69, 9.17) is 0 Å². The van der Waals surface area contributed by atoms with E-state index in [9.17, 15) is 9.18 Å². The van der Waals surface area contributed by atoms with Crippen molar-refractivity contribution in [1.82, 2.24) is 15.6 Å². The first kappa shape index (κ1) is 17.1. The summed E-state index contributed by atoms with van der Waals surface area (Å²) in [6, 6.07) is 1.38. The van der Waals surface area contributed by atoms with E-state index in [-0.39, 0.29) is 42.3 Å². The number of carbonyl (C=O) groups excluding carboxylic acids is 1. The molecule has 1 aromatic heterocycles. The minimum Gasteiger partial charge on any atom is -0.349 e. The predicted octanol–water partition coefficient (Wildman–Crippen LogP) is 1.55. The second-order valence-corrected chi connectivity index (χ2v) is 3.89. The zero-order valence-corrected chi connectivity index (χ0v) is 11.3. The average Bonchev–Trinajstić information content (AvgIpc) is 2.30. The predicted molar refractivity (Wildman–Crippen MR) is 72.0 cm³/mol. The number of rotatable bonds is 2. The second kappa shape index (κ2) is 8.24. The van der Waals surface area contributed by atoms with Crippen LogP contribution in [-0.4, -0.2) is 30.0 Å². The van der Waals surface area contributed by atoms with Crippen molar-refractivity contribution in [3.05, 3.63) is 29.8 Å². The Morgan fingerprint density at radius 3 is 2.61 bits per heavy atom. The zero-order chi connectivity index (χ0) is 11.4. The van der Waals surface area contributed by atoms with E-state index < -0.39 is 5.82 Å². The van der Waals surface area contributed by atoms with Gasteiger partial charge in [-0.2, -0.15) is 0 Å². The molecule has 4 nitrogen and oxygen atoms in total. The Kier molecular flexibility index (Phi) is 7.82. The molecule has 1 aliphatic rings. The second-order valence-electron chi connectivity index (χ2n) is 3.89. The first-order valence-corrected chi connectivity index (χ1v) is 5.38. The van der Waals surface area contributed by atoms with E-state index in [1.807, 2.05) is 0 Å². The Bertz CT molecular complexity index is 386. The summed E-state index contributed by atoms with van der Waals surface area (Å²) < 4.78 is 12.9. The molecule has 1 amide bonds. The fraction of sp³-hybridized carbons (Fsp3) is 0.455. The van der Waals surface area contributed by atoms with Gasteiger partial charge >= 0.3 is 0 Å². The largest absolute Gasteiger partial charge is 0.349 e. The molecule has 7 heteroatoms. The minimum atomic E-state index is -0.488. The van der Waals surface area contributed by atoms with Crippen molar-refractivity contribution < 1.29 is 9.18 Å². The number of carbonyl (C=O) groups is 1. The summed E-state index contributed by atoms with van der Waals surface area (Å²) in [5.74, 6) is -0.739. The van der Waals surface area contributed by atoms with Crippen LogP contribution in [0.25, 0.3) is 0 Å². The van der Waals surface area contributed by atoms with Crippen LogP contribution in [0.5, 0.6) is 0 Å². The molecule has 2 N–H and O–H groups in total. The van der Waals surface area contributed by atoms with Gasteiger partial charge in [-0.05, 0) is 32.0 Å². The summed E-state index contributed by atoms with van der Waals surface area (Å²) in [7, 11) is 0. The number of nitrogens with zero attached hydrogens (tertiary/aromatic N) is 1. The molecule has 0 aromatic carbocycles. The van der Waals surface area contributed by atoms with Crippen molar-refractivity contribution in [2.24, 2.45) is 0 Å². The van der Waals surface area contributed by atoms with Crippen molar-refractivity contribution >= 4 is 30.7 Å². The Morgan fingerprint density at radius 2 is 2.00 bits per heavy atom. The normalized spacial score (nSPS) is 15.2. The lowest BCUT2D eigenvalue weighted by Gasteiger charge is -2.23. The van der Waals surface area contributed by atoms with Crippen molar-refractivity contribution in [1.29, 1.82) is 0 Å². The number of amides is 1. The smallest absolute Gasteiger partial charge is 0.253 e. The van der Waals surface area contributed by atoms with Crippen LogP contribution in [0.3, 0.4) is 0 Å². The molecule has 0 radical (unpaired) electrons. The molecular formula is C11H16Cl2FN3O. The third-order valence-corrected chi connectivity index (χ3v) is 2.64. The summed E-state index contributed by atoms with van der Waals surface area (Å²) in [6.45, 7) is 1.82. The number of aromatic nitrogens is 1. The Labute approximate surface area is 118 Å². The number of piperidine rings is 1. The van der Waals surface area contributed by atoms with Gasteiger partial charge in [-0.15, -0.1) is 24.8 Å². The molecule has 0 atom stereocenters. The monoisotopic (exact) mass is 295 g/mol. The lowest BCUT2D eigenvalue weighted by Crippen LogP contribution is -2.42. The number of hydrogen-bond donors (Lipinski definition) is 2. The van der Waals surface area contributed by atoms with Crippen molar-refractivity contribution in [2.45, 2.75) is 18.9 Å². The number of nitrogens with one attached hydrogen (secondary N) is 2. The standard InChI is InChI=1S/C11H14FN3O.2ClH/c12-9-5-8(6-14-7-9)11(16)15-10-1-3-13-4-2-10;;/h5-7,10,13H,1-4H2,(H,15,16);2*1H. The summed E-state index contributed by atoms with van der Waals surface area (Å²) in [4.78, 5) is 15.4. The number of pyridine rings is 1. The Morgan fingerprint density at radius 1 is 1.33 bits per heavy atom.